The zero-order valence-corrected chi connectivity index (χ0v) is 10.5. The van der Waals surface area contributed by atoms with Crippen LogP contribution in [0.5, 0.6) is 5.88 Å². The Bertz CT molecular complexity index is 495. The minimum absolute atomic E-state index is 0.0516. The minimum Gasteiger partial charge on any atom is -0.476 e. The third-order valence-electron chi connectivity index (χ3n) is 2.54. The van der Waals surface area contributed by atoms with Gasteiger partial charge in [-0.3, -0.25) is 4.68 Å². The van der Waals surface area contributed by atoms with Gasteiger partial charge in [0, 0.05) is 17.2 Å². The van der Waals surface area contributed by atoms with Crippen LogP contribution in [-0.2, 0) is 22.0 Å². The molecule has 1 aromatic heterocycles. The monoisotopic (exact) mass is 264 g/mol. The lowest BCUT2D eigenvalue weighted by Crippen LogP contribution is -2.12. The highest BCUT2D eigenvalue weighted by Gasteiger charge is 2.29. The average Bonchev–Trinajstić information content (AvgIpc) is 2.55. The molecule has 0 unspecified atom stereocenters. The summed E-state index contributed by atoms with van der Waals surface area (Å²) in [6.45, 7) is 2.88. The van der Waals surface area contributed by atoms with Crippen LogP contribution in [0.4, 0.5) is 0 Å². The SMILES string of the molecule is CCOc1nn2c(c1S(=O)(=O)Cl)CCCC2. The van der Waals surface area contributed by atoms with Crippen molar-refractivity contribution in [1.29, 1.82) is 0 Å². The summed E-state index contributed by atoms with van der Waals surface area (Å²) in [5.74, 6) is 0.134. The van der Waals surface area contributed by atoms with E-state index in [1.54, 1.807) is 11.6 Å². The van der Waals surface area contributed by atoms with Crippen LogP contribution in [0.2, 0.25) is 0 Å². The molecule has 0 N–H and O–H groups in total. The fourth-order valence-electron chi connectivity index (χ4n) is 1.91. The number of aryl methyl sites for hydroxylation is 1. The number of aromatic nitrogens is 2. The van der Waals surface area contributed by atoms with Gasteiger partial charge < -0.3 is 4.74 Å². The number of halogens is 1. The summed E-state index contributed by atoms with van der Waals surface area (Å²) in [7, 11) is 1.63. The van der Waals surface area contributed by atoms with E-state index in [9.17, 15) is 8.42 Å². The highest BCUT2D eigenvalue weighted by Crippen LogP contribution is 2.33. The van der Waals surface area contributed by atoms with Crippen molar-refractivity contribution in [2.24, 2.45) is 0 Å². The molecule has 0 atom stereocenters. The molecule has 90 valence electrons. The fraction of sp³-hybridized carbons (Fsp3) is 0.667. The van der Waals surface area contributed by atoms with E-state index in [1.807, 2.05) is 0 Å². The second-order valence-electron chi connectivity index (χ2n) is 3.63. The van der Waals surface area contributed by atoms with Crippen LogP contribution in [-0.4, -0.2) is 24.8 Å². The highest BCUT2D eigenvalue weighted by atomic mass is 35.7. The number of rotatable bonds is 3. The lowest BCUT2D eigenvalue weighted by molar-refractivity contribution is 0.313. The normalized spacial score (nSPS) is 15.9. The molecule has 0 saturated carbocycles. The molecule has 0 aromatic carbocycles. The van der Waals surface area contributed by atoms with E-state index in [1.165, 1.54) is 0 Å². The number of nitrogens with zero attached hydrogens (tertiary/aromatic N) is 2. The van der Waals surface area contributed by atoms with Crippen LogP contribution in [0.15, 0.2) is 4.90 Å². The molecular formula is C9H13ClN2O3S. The summed E-state index contributed by atoms with van der Waals surface area (Å²) in [6.07, 6.45) is 2.64. The molecule has 0 fully saturated rings. The molecule has 2 rings (SSSR count). The highest BCUT2D eigenvalue weighted by molar-refractivity contribution is 8.13. The van der Waals surface area contributed by atoms with Gasteiger partial charge in [-0.15, -0.1) is 5.10 Å². The predicted octanol–water partition coefficient (Wildman–Crippen LogP) is 1.55. The third kappa shape index (κ3) is 2.04. The van der Waals surface area contributed by atoms with Gasteiger partial charge in [-0.05, 0) is 26.2 Å². The van der Waals surface area contributed by atoms with Gasteiger partial charge in [0.05, 0.1) is 12.3 Å². The molecule has 0 amide bonds. The molecule has 1 aliphatic rings. The van der Waals surface area contributed by atoms with Crippen LogP contribution in [0.3, 0.4) is 0 Å². The van der Waals surface area contributed by atoms with Gasteiger partial charge >= 0.3 is 0 Å². The quantitative estimate of drug-likeness (QED) is 0.777. The van der Waals surface area contributed by atoms with Crippen molar-refractivity contribution in [2.45, 2.75) is 37.6 Å². The van der Waals surface area contributed by atoms with E-state index in [2.05, 4.69) is 5.10 Å². The standard InChI is InChI=1S/C9H13ClN2O3S/c1-2-15-9-8(16(10,13)14)7-5-3-4-6-12(7)11-9/h2-6H2,1H3. The van der Waals surface area contributed by atoms with Gasteiger partial charge in [0.2, 0.25) is 0 Å². The molecule has 0 radical (unpaired) electrons. The topological polar surface area (TPSA) is 61.2 Å². The van der Waals surface area contributed by atoms with E-state index in [0.29, 0.717) is 18.7 Å². The number of fused-ring (bicyclic) bond motifs is 1. The molecule has 1 aromatic rings. The van der Waals surface area contributed by atoms with Gasteiger partial charge in [0.25, 0.3) is 14.9 Å². The molecule has 0 bridgehead atoms. The van der Waals surface area contributed by atoms with E-state index >= 15 is 0 Å². The zero-order valence-electron chi connectivity index (χ0n) is 8.94. The Kier molecular flexibility index (Phi) is 3.12. The number of hydrogen-bond donors (Lipinski definition) is 0. The smallest absolute Gasteiger partial charge is 0.268 e. The average molecular weight is 265 g/mol. The Balaban J connectivity index is 2.57. The molecular weight excluding hydrogens is 252 g/mol. The van der Waals surface area contributed by atoms with Crippen LogP contribution in [0.25, 0.3) is 0 Å². The van der Waals surface area contributed by atoms with Crippen LogP contribution >= 0.6 is 10.7 Å². The van der Waals surface area contributed by atoms with Crippen molar-refractivity contribution in [2.75, 3.05) is 6.61 Å². The molecule has 0 spiro atoms. The lowest BCUT2D eigenvalue weighted by Gasteiger charge is -2.12. The first-order valence-corrected chi connectivity index (χ1v) is 7.52. The minimum atomic E-state index is -3.79. The molecule has 2 heterocycles. The van der Waals surface area contributed by atoms with Gasteiger partial charge in [-0.25, -0.2) is 8.42 Å². The molecule has 1 aliphatic heterocycles. The summed E-state index contributed by atoms with van der Waals surface area (Å²) in [5, 5.41) is 4.14. The van der Waals surface area contributed by atoms with Gasteiger partial charge in [0.1, 0.15) is 0 Å². The van der Waals surface area contributed by atoms with Gasteiger partial charge in [-0.2, -0.15) is 0 Å². The van der Waals surface area contributed by atoms with E-state index in [-0.39, 0.29) is 10.8 Å². The summed E-state index contributed by atoms with van der Waals surface area (Å²) < 4.78 is 29.9. The Hall–Kier alpha value is -0.750. The maximum absolute atomic E-state index is 11.5. The predicted molar refractivity (Wildman–Crippen MR) is 59.4 cm³/mol. The zero-order chi connectivity index (χ0) is 11.8. The van der Waals surface area contributed by atoms with E-state index in [4.69, 9.17) is 15.4 Å². The van der Waals surface area contributed by atoms with Crippen molar-refractivity contribution in [1.82, 2.24) is 9.78 Å². The van der Waals surface area contributed by atoms with Crippen LogP contribution in [0, 0.1) is 0 Å². The first kappa shape index (κ1) is 11.7. The molecule has 7 heteroatoms. The number of ether oxygens (including phenoxy) is 1. The summed E-state index contributed by atoms with van der Waals surface area (Å²) in [4.78, 5) is 0.0516. The maximum atomic E-state index is 11.5. The second kappa shape index (κ2) is 4.25. The molecule has 0 aliphatic carbocycles. The van der Waals surface area contributed by atoms with Crippen molar-refractivity contribution in [3.8, 4) is 5.88 Å². The van der Waals surface area contributed by atoms with Crippen molar-refractivity contribution >= 4 is 19.7 Å². The number of hydrogen-bond acceptors (Lipinski definition) is 4. The Morgan fingerprint density at radius 3 is 2.88 bits per heavy atom. The van der Waals surface area contributed by atoms with E-state index < -0.39 is 9.05 Å². The Labute approximate surface area is 98.8 Å². The second-order valence-corrected chi connectivity index (χ2v) is 6.13. The fourth-order valence-corrected chi connectivity index (χ4v) is 3.18. The first-order valence-electron chi connectivity index (χ1n) is 5.21. The molecule has 0 saturated heterocycles. The largest absolute Gasteiger partial charge is 0.476 e. The summed E-state index contributed by atoms with van der Waals surface area (Å²) in [5.41, 5.74) is 0.671. The van der Waals surface area contributed by atoms with Crippen LogP contribution in [0.1, 0.15) is 25.5 Å². The van der Waals surface area contributed by atoms with Crippen LogP contribution < -0.4 is 4.74 Å². The van der Waals surface area contributed by atoms with Gasteiger partial charge in [0.15, 0.2) is 4.90 Å². The first-order chi connectivity index (χ1) is 7.54. The summed E-state index contributed by atoms with van der Waals surface area (Å²) in [6, 6.07) is 0. The van der Waals surface area contributed by atoms with Crippen molar-refractivity contribution in [3.63, 3.8) is 0 Å². The summed E-state index contributed by atoms with van der Waals surface area (Å²) >= 11 is 0. The van der Waals surface area contributed by atoms with Gasteiger partial charge in [-0.1, -0.05) is 0 Å². The molecule has 16 heavy (non-hydrogen) atoms. The lowest BCUT2D eigenvalue weighted by atomic mass is 10.1. The van der Waals surface area contributed by atoms with E-state index in [0.717, 1.165) is 19.4 Å². The van der Waals surface area contributed by atoms with Crippen molar-refractivity contribution < 1.29 is 13.2 Å². The Morgan fingerprint density at radius 1 is 1.50 bits per heavy atom. The third-order valence-corrected chi connectivity index (χ3v) is 3.90. The maximum Gasteiger partial charge on any atom is 0.268 e. The van der Waals surface area contributed by atoms with Crippen molar-refractivity contribution in [3.05, 3.63) is 5.69 Å². The Morgan fingerprint density at radius 2 is 2.25 bits per heavy atom. The molecule has 5 nitrogen and oxygen atoms in total.